The normalized spacial score (nSPS) is 14.5. The second-order valence-corrected chi connectivity index (χ2v) is 6.30. The van der Waals surface area contributed by atoms with Crippen LogP contribution in [0.15, 0.2) is 12.1 Å². The average molecular weight is 326 g/mol. The number of rotatable bonds is 7. The van der Waals surface area contributed by atoms with Crippen LogP contribution >= 0.6 is 11.6 Å². The molecule has 5 nitrogen and oxygen atoms in total. The summed E-state index contributed by atoms with van der Waals surface area (Å²) in [5.74, 6) is 0.237. The Bertz CT molecular complexity index is 542. The molecule has 6 heteroatoms. The number of benzene rings is 1. The predicted octanol–water partition coefficient (Wildman–Crippen LogP) is 2.53. The number of nitrogens with two attached hydrogens (primary N) is 1. The van der Waals surface area contributed by atoms with Crippen LogP contribution in [0.1, 0.15) is 37.0 Å². The van der Waals surface area contributed by atoms with Gasteiger partial charge in [0.05, 0.1) is 23.4 Å². The molecule has 0 radical (unpaired) electrons. The van der Waals surface area contributed by atoms with Crippen LogP contribution in [0.2, 0.25) is 5.02 Å². The zero-order chi connectivity index (χ0) is 16.3. The van der Waals surface area contributed by atoms with Gasteiger partial charge in [-0.1, -0.05) is 11.6 Å². The second-order valence-electron chi connectivity index (χ2n) is 5.89. The second kappa shape index (κ2) is 7.20. The van der Waals surface area contributed by atoms with Gasteiger partial charge < -0.3 is 15.8 Å². The number of methoxy groups -OCH3 is 1. The maximum Gasteiger partial charge on any atom is 0.255 e. The maximum atomic E-state index is 12.3. The minimum absolute atomic E-state index is 0.196. The van der Waals surface area contributed by atoms with Crippen LogP contribution in [0, 0.1) is 0 Å². The Morgan fingerprint density at radius 2 is 2.18 bits per heavy atom. The molecule has 0 atom stereocenters. The molecule has 1 aromatic carbocycles. The predicted molar refractivity (Wildman–Crippen MR) is 89.6 cm³/mol. The third kappa shape index (κ3) is 4.05. The summed E-state index contributed by atoms with van der Waals surface area (Å²) < 4.78 is 5.21. The van der Waals surface area contributed by atoms with E-state index in [9.17, 15) is 4.79 Å². The van der Waals surface area contributed by atoms with E-state index in [1.165, 1.54) is 20.0 Å². The number of carbonyl (C=O) groups is 1. The van der Waals surface area contributed by atoms with Crippen molar-refractivity contribution in [3.05, 3.63) is 22.7 Å². The molecule has 0 spiro atoms. The molecule has 0 heterocycles. The third-order valence-corrected chi connectivity index (χ3v) is 4.23. The molecule has 3 N–H and O–H groups in total. The Kier molecular flexibility index (Phi) is 5.53. The maximum absolute atomic E-state index is 12.3. The molecule has 1 saturated carbocycles. The molecule has 1 fully saturated rings. The number of anilines is 1. The molecule has 1 aliphatic rings. The Hall–Kier alpha value is -1.46. The van der Waals surface area contributed by atoms with Gasteiger partial charge >= 0.3 is 0 Å². The summed E-state index contributed by atoms with van der Waals surface area (Å²) in [5, 5.41) is 3.28. The van der Waals surface area contributed by atoms with E-state index < -0.39 is 0 Å². The van der Waals surface area contributed by atoms with Gasteiger partial charge in [0.1, 0.15) is 5.75 Å². The van der Waals surface area contributed by atoms with E-state index in [-0.39, 0.29) is 5.91 Å². The van der Waals surface area contributed by atoms with Gasteiger partial charge in [-0.15, -0.1) is 0 Å². The summed E-state index contributed by atoms with van der Waals surface area (Å²) in [4.78, 5) is 14.7. The van der Waals surface area contributed by atoms with Crippen molar-refractivity contribution in [3.8, 4) is 5.75 Å². The number of halogens is 1. The van der Waals surface area contributed by atoms with Crippen molar-refractivity contribution in [1.82, 2.24) is 10.2 Å². The quantitative estimate of drug-likeness (QED) is 0.756. The molecule has 2 rings (SSSR count). The smallest absolute Gasteiger partial charge is 0.255 e. The number of amides is 1. The number of hydrogen-bond donors (Lipinski definition) is 2. The minimum Gasteiger partial charge on any atom is -0.496 e. The Morgan fingerprint density at radius 3 is 2.73 bits per heavy atom. The van der Waals surface area contributed by atoms with Crippen LogP contribution < -0.4 is 15.8 Å². The summed E-state index contributed by atoms with van der Waals surface area (Å²) in [5.41, 5.74) is 6.53. The Balaban J connectivity index is 1.96. The molecular formula is C16H24ClN3O2. The first-order valence-corrected chi connectivity index (χ1v) is 7.98. The van der Waals surface area contributed by atoms with Crippen LogP contribution in [0.3, 0.4) is 0 Å². The van der Waals surface area contributed by atoms with E-state index in [1.54, 1.807) is 12.1 Å². The number of carbonyl (C=O) groups excluding carboxylic acids is 1. The lowest BCUT2D eigenvalue weighted by molar-refractivity contribution is 0.0941. The van der Waals surface area contributed by atoms with Gasteiger partial charge in [0, 0.05) is 31.2 Å². The molecule has 122 valence electrons. The highest BCUT2D eigenvalue weighted by Gasteiger charge is 2.30. The van der Waals surface area contributed by atoms with Crippen LogP contribution in [0.5, 0.6) is 5.75 Å². The Labute approximate surface area is 136 Å². The molecule has 0 aromatic heterocycles. The van der Waals surface area contributed by atoms with E-state index in [2.05, 4.69) is 24.1 Å². The molecule has 1 amide bonds. The highest BCUT2D eigenvalue weighted by Crippen LogP contribution is 2.29. The van der Waals surface area contributed by atoms with Gasteiger partial charge in [-0.2, -0.15) is 0 Å². The number of nitrogen functional groups attached to an aromatic ring is 1. The number of hydrogen-bond acceptors (Lipinski definition) is 4. The number of ether oxygens (including phenoxy) is 1. The third-order valence-electron chi connectivity index (χ3n) is 3.90. The van der Waals surface area contributed by atoms with Crippen LogP contribution in [-0.4, -0.2) is 43.1 Å². The van der Waals surface area contributed by atoms with Crippen molar-refractivity contribution in [1.29, 1.82) is 0 Å². The zero-order valence-corrected chi connectivity index (χ0v) is 14.1. The number of nitrogens with zero attached hydrogens (tertiary/aromatic N) is 1. The summed E-state index contributed by atoms with van der Waals surface area (Å²) in [6.07, 6.45) is 2.51. The molecule has 1 aromatic rings. The van der Waals surface area contributed by atoms with Crippen molar-refractivity contribution < 1.29 is 9.53 Å². The molecule has 22 heavy (non-hydrogen) atoms. The standard InChI is InChI=1S/C16H24ClN3O2/c1-10(2)20(11-4-5-11)7-6-19-16(21)12-8-13(17)14(18)9-15(12)22-3/h8-11H,4-7,18H2,1-3H3,(H,19,21). The largest absolute Gasteiger partial charge is 0.496 e. The van der Waals surface area contributed by atoms with E-state index in [0.717, 1.165) is 6.54 Å². The lowest BCUT2D eigenvalue weighted by Crippen LogP contribution is -2.40. The minimum atomic E-state index is -0.196. The first-order valence-electron chi connectivity index (χ1n) is 7.61. The summed E-state index contributed by atoms with van der Waals surface area (Å²) in [6, 6.07) is 4.29. The fourth-order valence-corrected chi connectivity index (χ4v) is 2.74. The first-order chi connectivity index (χ1) is 10.4. The van der Waals surface area contributed by atoms with Crippen molar-refractivity contribution in [2.45, 2.75) is 38.8 Å². The summed E-state index contributed by atoms with van der Waals surface area (Å²) >= 11 is 5.99. The molecule has 0 unspecified atom stereocenters. The van der Waals surface area contributed by atoms with Crippen LogP contribution in [-0.2, 0) is 0 Å². The van der Waals surface area contributed by atoms with Crippen molar-refractivity contribution >= 4 is 23.2 Å². The molecule has 0 saturated heterocycles. The van der Waals surface area contributed by atoms with Gasteiger partial charge in [-0.3, -0.25) is 9.69 Å². The average Bonchev–Trinajstić information content (AvgIpc) is 3.29. The van der Waals surface area contributed by atoms with Crippen molar-refractivity contribution in [2.75, 3.05) is 25.9 Å². The first kappa shape index (κ1) is 16.9. The van der Waals surface area contributed by atoms with E-state index in [4.69, 9.17) is 22.1 Å². The summed E-state index contributed by atoms with van der Waals surface area (Å²) in [7, 11) is 1.51. The van der Waals surface area contributed by atoms with Crippen molar-refractivity contribution in [3.63, 3.8) is 0 Å². The van der Waals surface area contributed by atoms with Gasteiger partial charge in [-0.25, -0.2) is 0 Å². The molecule has 0 bridgehead atoms. The lowest BCUT2D eigenvalue weighted by Gasteiger charge is -2.26. The van der Waals surface area contributed by atoms with E-state index in [1.807, 2.05) is 0 Å². The monoisotopic (exact) mass is 325 g/mol. The molecule has 1 aliphatic carbocycles. The van der Waals surface area contributed by atoms with E-state index in [0.29, 0.717) is 40.7 Å². The highest BCUT2D eigenvalue weighted by atomic mass is 35.5. The Morgan fingerprint density at radius 1 is 1.50 bits per heavy atom. The number of nitrogens with one attached hydrogen (secondary N) is 1. The van der Waals surface area contributed by atoms with Gasteiger partial charge in [0.2, 0.25) is 0 Å². The topological polar surface area (TPSA) is 67.6 Å². The van der Waals surface area contributed by atoms with Gasteiger partial charge in [0.25, 0.3) is 5.91 Å². The van der Waals surface area contributed by atoms with E-state index >= 15 is 0 Å². The SMILES string of the molecule is COc1cc(N)c(Cl)cc1C(=O)NCCN(C(C)C)C1CC1. The fraction of sp³-hybridized carbons (Fsp3) is 0.562. The van der Waals surface area contributed by atoms with Crippen LogP contribution in [0.4, 0.5) is 5.69 Å². The highest BCUT2D eigenvalue weighted by molar-refractivity contribution is 6.33. The molecule has 0 aliphatic heterocycles. The zero-order valence-electron chi connectivity index (χ0n) is 13.4. The molecular weight excluding hydrogens is 302 g/mol. The summed E-state index contributed by atoms with van der Waals surface area (Å²) in [6.45, 7) is 5.81. The fourth-order valence-electron chi connectivity index (χ4n) is 2.58. The lowest BCUT2D eigenvalue weighted by atomic mass is 10.1. The van der Waals surface area contributed by atoms with Gasteiger partial charge in [-0.05, 0) is 32.8 Å². The van der Waals surface area contributed by atoms with Gasteiger partial charge in [0.15, 0.2) is 0 Å². The van der Waals surface area contributed by atoms with Crippen LogP contribution in [0.25, 0.3) is 0 Å². The van der Waals surface area contributed by atoms with Crippen molar-refractivity contribution in [2.24, 2.45) is 0 Å².